The van der Waals surface area contributed by atoms with Gasteiger partial charge in [-0.2, -0.15) is 0 Å². The molecular weight excluding hydrogens is 372 g/mol. The summed E-state index contributed by atoms with van der Waals surface area (Å²) < 4.78 is 0. The molecule has 0 bridgehead atoms. The first-order valence-electron chi connectivity index (χ1n) is 10.6. The summed E-state index contributed by atoms with van der Waals surface area (Å²) >= 11 is 0. The highest BCUT2D eigenvalue weighted by Gasteiger charge is 2.54. The molecule has 3 aromatic rings. The van der Waals surface area contributed by atoms with Gasteiger partial charge in [0.05, 0.1) is 0 Å². The molecule has 2 aromatic carbocycles. The number of benzene rings is 2. The summed E-state index contributed by atoms with van der Waals surface area (Å²) in [5.74, 6) is 2.68. The molecule has 1 saturated heterocycles. The zero-order chi connectivity index (χ0) is 20.5. The van der Waals surface area contributed by atoms with E-state index in [4.69, 9.17) is 5.73 Å². The topological polar surface area (TPSA) is 71.2 Å². The number of amides is 1. The van der Waals surface area contributed by atoms with Gasteiger partial charge in [0.25, 0.3) is 0 Å². The van der Waals surface area contributed by atoms with Gasteiger partial charge in [-0.3, -0.25) is 4.79 Å². The van der Waals surface area contributed by atoms with E-state index in [2.05, 4.69) is 57.7 Å². The van der Waals surface area contributed by atoms with Gasteiger partial charge < -0.3 is 16.0 Å². The zero-order valence-corrected chi connectivity index (χ0v) is 16.9. The Labute approximate surface area is 176 Å². The van der Waals surface area contributed by atoms with Crippen molar-refractivity contribution in [2.45, 2.75) is 6.42 Å². The van der Waals surface area contributed by atoms with Crippen molar-refractivity contribution in [1.82, 2.24) is 10.3 Å². The van der Waals surface area contributed by atoms with Crippen LogP contribution in [0.15, 0.2) is 66.9 Å². The third-order valence-corrected chi connectivity index (χ3v) is 6.49. The fourth-order valence-corrected chi connectivity index (χ4v) is 4.87. The van der Waals surface area contributed by atoms with Gasteiger partial charge in [-0.15, -0.1) is 0 Å². The average Bonchev–Trinajstić information content (AvgIpc) is 3.21. The lowest BCUT2D eigenvalue weighted by Crippen LogP contribution is -2.26. The van der Waals surface area contributed by atoms with Crippen molar-refractivity contribution < 1.29 is 4.79 Å². The van der Waals surface area contributed by atoms with Gasteiger partial charge in [-0.25, -0.2) is 4.98 Å². The van der Waals surface area contributed by atoms with E-state index in [-0.39, 0.29) is 5.91 Å². The van der Waals surface area contributed by atoms with Crippen molar-refractivity contribution in [3.8, 4) is 0 Å². The molecule has 0 spiro atoms. The van der Waals surface area contributed by atoms with Gasteiger partial charge >= 0.3 is 0 Å². The molecule has 3 atom stereocenters. The number of carbonyl (C=O) groups excluding carboxylic acids is 1. The van der Waals surface area contributed by atoms with E-state index in [1.54, 1.807) is 24.4 Å². The Balaban J connectivity index is 1.09. The van der Waals surface area contributed by atoms with Crippen molar-refractivity contribution >= 4 is 34.3 Å². The summed E-state index contributed by atoms with van der Waals surface area (Å²) in [5.41, 5.74) is 7.79. The number of nitrogens with one attached hydrogen (secondary N) is 1. The smallest absolute Gasteiger partial charge is 0.244 e. The van der Waals surface area contributed by atoms with E-state index < -0.39 is 0 Å². The molecule has 0 radical (unpaired) electrons. The summed E-state index contributed by atoms with van der Waals surface area (Å²) in [5, 5.41) is 5.65. The number of anilines is 2. The highest BCUT2D eigenvalue weighted by Crippen LogP contribution is 2.54. The Kier molecular flexibility index (Phi) is 4.87. The third-order valence-electron chi connectivity index (χ3n) is 6.49. The van der Waals surface area contributed by atoms with Crippen LogP contribution in [0.1, 0.15) is 12.0 Å². The van der Waals surface area contributed by atoms with Gasteiger partial charge in [0.15, 0.2) is 0 Å². The first kappa shape index (κ1) is 18.7. The fraction of sp³-hybridized carbons (Fsp3) is 0.280. The lowest BCUT2D eigenvalue weighted by Gasteiger charge is -2.23. The highest BCUT2D eigenvalue weighted by molar-refractivity contribution is 5.94. The molecule has 2 aliphatic rings. The van der Waals surface area contributed by atoms with E-state index in [0.29, 0.717) is 5.82 Å². The number of rotatable bonds is 6. The molecular formula is C25H26N4O. The number of nitrogens with zero attached hydrogens (tertiary/aromatic N) is 2. The Morgan fingerprint density at radius 3 is 2.70 bits per heavy atom. The van der Waals surface area contributed by atoms with Gasteiger partial charge in [0.2, 0.25) is 5.91 Å². The quantitative estimate of drug-likeness (QED) is 0.621. The monoisotopic (exact) mass is 398 g/mol. The van der Waals surface area contributed by atoms with Crippen LogP contribution >= 0.6 is 0 Å². The van der Waals surface area contributed by atoms with Gasteiger partial charge in [0.1, 0.15) is 5.82 Å². The minimum absolute atomic E-state index is 0.0602. The normalized spacial score (nSPS) is 22.4. The Bertz CT molecular complexity index is 1070. The standard InChI is InChI=1S/C25H26N4O/c26-24-10-8-17(14-28-24)9-11-25(30)27-13-12-20-21-15-29(16-22(20)21)23-7-3-5-18-4-1-2-6-19(18)23/h1-11,14,20-22H,12-13,15-16H2,(H2,26,28)(H,27,30)/b11-9+/t20-,21-,22+. The van der Waals surface area contributed by atoms with Crippen LogP contribution in [0.2, 0.25) is 0 Å². The number of fused-ring (bicyclic) bond motifs is 2. The minimum Gasteiger partial charge on any atom is -0.384 e. The predicted octanol–water partition coefficient (Wildman–Crippen LogP) is 3.72. The summed E-state index contributed by atoms with van der Waals surface area (Å²) in [6.45, 7) is 2.98. The van der Waals surface area contributed by atoms with Gasteiger partial charge in [-0.1, -0.05) is 36.4 Å². The number of piperidine rings is 1. The molecule has 1 aliphatic heterocycles. The highest BCUT2D eigenvalue weighted by atomic mass is 16.1. The molecule has 1 saturated carbocycles. The second-order valence-corrected chi connectivity index (χ2v) is 8.32. The predicted molar refractivity (Wildman–Crippen MR) is 122 cm³/mol. The maximum Gasteiger partial charge on any atom is 0.244 e. The summed E-state index contributed by atoms with van der Waals surface area (Å²) in [7, 11) is 0. The lowest BCUT2D eigenvalue weighted by atomic mass is 10.1. The maximum absolute atomic E-state index is 12.0. The molecule has 2 fully saturated rings. The molecule has 152 valence electrons. The largest absolute Gasteiger partial charge is 0.384 e. The van der Waals surface area contributed by atoms with Crippen LogP contribution in [0.3, 0.4) is 0 Å². The summed E-state index contributed by atoms with van der Waals surface area (Å²) in [6.07, 6.45) is 6.03. The zero-order valence-electron chi connectivity index (χ0n) is 16.9. The second-order valence-electron chi connectivity index (χ2n) is 8.32. The van der Waals surface area contributed by atoms with E-state index >= 15 is 0 Å². The fourth-order valence-electron chi connectivity index (χ4n) is 4.87. The van der Waals surface area contributed by atoms with Crippen molar-refractivity contribution in [2.75, 3.05) is 30.3 Å². The average molecular weight is 399 g/mol. The molecule has 1 amide bonds. The van der Waals surface area contributed by atoms with Crippen LogP contribution < -0.4 is 16.0 Å². The number of hydrogen-bond acceptors (Lipinski definition) is 4. The van der Waals surface area contributed by atoms with E-state index in [9.17, 15) is 4.79 Å². The first-order valence-corrected chi connectivity index (χ1v) is 10.6. The molecule has 1 aliphatic carbocycles. The molecule has 2 heterocycles. The number of pyridine rings is 1. The Hall–Kier alpha value is -3.34. The van der Waals surface area contributed by atoms with Crippen LogP contribution in [0.25, 0.3) is 16.8 Å². The summed E-state index contributed by atoms with van der Waals surface area (Å²) in [4.78, 5) is 18.6. The van der Waals surface area contributed by atoms with Crippen LogP contribution in [0, 0.1) is 17.8 Å². The molecule has 5 rings (SSSR count). The van der Waals surface area contributed by atoms with Gasteiger partial charge in [-0.05, 0) is 59.4 Å². The lowest BCUT2D eigenvalue weighted by molar-refractivity contribution is -0.116. The van der Waals surface area contributed by atoms with Gasteiger partial charge in [0, 0.05) is 43.0 Å². The molecule has 30 heavy (non-hydrogen) atoms. The SMILES string of the molecule is Nc1ccc(/C=C/C(=O)NCC[C@@H]2[C@H]3CN(c4cccc5ccccc45)C[C@@H]23)cn1. The third kappa shape index (κ3) is 3.75. The first-order chi connectivity index (χ1) is 14.7. The molecule has 1 aromatic heterocycles. The Morgan fingerprint density at radius 1 is 1.10 bits per heavy atom. The Morgan fingerprint density at radius 2 is 1.90 bits per heavy atom. The summed E-state index contributed by atoms with van der Waals surface area (Å²) in [6, 6.07) is 18.8. The molecule has 5 nitrogen and oxygen atoms in total. The van der Waals surface area contributed by atoms with E-state index in [0.717, 1.165) is 49.4 Å². The van der Waals surface area contributed by atoms with Crippen LogP contribution in [-0.2, 0) is 4.79 Å². The van der Waals surface area contributed by atoms with Crippen molar-refractivity contribution in [3.63, 3.8) is 0 Å². The van der Waals surface area contributed by atoms with Crippen molar-refractivity contribution in [1.29, 1.82) is 0 Å². The number of hydrogen-bond donors (Lipinski definition) is 2. The minimum atomic E-state index is -0.0602. The van der Waals surface area contributed by atoms with Crippen molar-refractivity contribution in [2.24, 2.45) is 17.8 Å². The van der Waals surface area contributed by atoms with E-state index in [1.165, 1.54) is 16.5 Å². The van der Waals surface area contributed by atoms with Crippen molar-refractivity contribution in [3.05, 3.63) is 72.4 Å². The molecule has 0 unspecified atom stereocenters. The molecule has 5 heteroatoms. The number of nitrogens with two attached hydrogens (primary N) is 1. The van der Waals surface area contributed by atoms with Crippen LogP contribution in [0.4, 0.5) is 11.5 Å². The molecule has 3 N–H and O–H groups in total. The van der Waals surface area contributed by atoms with Crippen LogP contribution in [0.5, 0.6) is 0 Å². The number of nitrogen functional groups attached to an aromatic ring is 1. The van der Waals surface area contributed by atoms with E-state index in [1.807, 2.05) is 6.07 Å². The number of aromatic nitrogens is 1. The van der Waals surface area contributed by atoms with Crippen LogP contribution in [-0.4, -0.2) is 30.5 Å². The number of carbonyl (C=O) groups is 1. The second kappa shape index (κ2) is 7.82. The maximum atomic E-state index is 12.0.